The van der Waals surface area contributed by atoms with E-state index in [1.165, 1.54) is 0 Å². The summed E-state index contributed by atoms with van der Waals surface area (Å²) in [5, 5.41) is 0. The van der Waals surface area contributed by atoms with Crippen molar-refractivity contribution in [2.75, 3.05) is 33.9 Å². The van der Waals surface area contributed by atoms with E-state index < -0.39 is 0 Å². The monoisotopic (exact) mass is 271 g/mol. The first-order chi connectivity index (χ1) is 8.24. The van der Waals surface area contributed by atoms with Crippen molar-refractivity contribution in [3.8, 4) is 11.5 Å². The summed E-state index contributed by atoms with van der Waals surface area (Å²) in [6.45, 7) is 5.85. The van der Waals surface area contributed by atoms with Crippen LogP contribution in [0.25, 0.3) is 0 Å². The second-order valence-electron chi connectivity index (χ2n) is 4.05. The minimum atomic E-state index is 0. The van der Waals surface area contributed by atoms with Crippen LogP contribution in [0.1, 0.15) is 6.42 Å². The summed E-state index contributed by atoms with van der Waals surface area (Å²) in [5.74, 6) is 1.57. The summed E-state index contributed by atoms with van der Waals surface area (Å²) < 4.78 is 11.2. The van der Waals surface area contributed by atoms with Gasteiger partial charge in [0.1, 0.15) is 6.61 Å². The third kappa shape index (κ3) is 6.52. The predicted octanol–water partition coefficient (Wildman–Crippen LogP) is 3.00. The van der Waals surface area contributed by atoms with Crippen molar-refractivity contribution in [3.63, 3.8) is 0 Å². The summed E-state index contributed by atoms with van der Waals surface area (Å²) in [6.07, 6.45) is 2.73. The molecule has 0 saturated carbocycles. The summed E-state index contributed by atoms with van der Waals surface area (Å²) in [5.41, 5.74) is 0. The summed E-state index contributed by atoms with van der Waals surface area (Å²) >= 11 is 0. The van der Waals surface area contributed by atoms with Gasteiger partial charge < -0.3 is 14.4 Å². The van der Waals surface area contributed by atoms with Gasteiger partial charge in [-0.05, 0) is 32.6 Å². The van der Waals surface area contributed by atoms with E-state index in [4.69, 9.17) is 9.47 Å². The molecule has 1 aromatic rings. The third-order valence-electron chi connectivity index (χ3n) is 2.21. The maximum Gasteiger partial charge on any atom is 0.161 e. The SMILES string of the molecule is C=CCOc1ccccc1OCCCN(C)C.Cl. The molecule has 0 N–H and O–H groups in total. The van der Waals surface area contributed by atoms with Gasteiger partial charge in [0, 0.05) is 6.54 Å². The zero-order valence-electron chi connectivity index (χ0n) is 11.1. The maximum atomic E-state index is 5.70. The molecule has 18 heavy (non-hydrogen) atoms. The zero-order valence-corrected chi connectivity index (χ0v) is 11.9. The van der Waals surface area contributed by atoms with Gasteiger partial charge in [0.05, 0.1) is 6.61 Å². The molecule has 1 rings (SSSR count). The number of rotatable bonds is 8. The van der Waals surface area contributed by atoms with Gasteiger partial charge in [-0.25, -0.2) is 0 Å². The molecule has 0 radical (unpaired) electrons. The molecule has 3 nitrogen and oxygen atoms in total. The number of benzene rings is 1. The highest BCUT2D eigenvalue weighted by Gasteiger charge is 2.03. The van der Waals surface area contributed by atoms with Gasteiger partial charge in [-0.2, -0.15) is 0 Å². The van der Waals surface area contributed by atoms with Crippen molar-refractivity contribution in [3.05, 3.63) is 36.9 Å². The molecular formula is C14H22ClNO2. The van der Waals surface area contributed by atoms with Crippen LogP contribution < -0.4 is 9.47 Å². The number of nitrogens with zero attached hydrogens (tertiary/aromatic N) is 1. The molecule has 102 valence electrons. The van der Waals surface area contributed by atoms with Crippen LogP contribution in [0.5, 0.6) is 11.5 Å². The lowest BCUT2D eigenvalue weighted by molar-refractivity contribution is 0.262. The summed E-state index contributed by atoms with van der Waals surface area (Å²) in [7, 11) is 4.11. The first kappa shape index (κ1) is 16.8. The van der Waals surface area contributed by atoms with E-state index >= 15 is 0 Å². The van der Waals surface area contributed by atoms with Crippen LogP contribution in [-0.4, -0.2) is 38.8 Å². The Hall–Kier alpha value is -1.19. The van der Waals surface area contributed by atoms with Crippen LogP contribution in [0.15, 0.2) is 36.9 Å². The van der Waals surface area contributed by atoms with Crippen molar-refractivity contribution in [1.29, 1.82) is 0 Å². The third-order valence-corrected chi connectivity index (χ3v) is 2.21. The molecular weight excluding hydrogens is 250 g/mol. The standard InChI is InChI=1S/C14H21NO2.ClH/c1-4-11-16-13-8-5-6-9-14(13)17-12-7-10-15(2)3;/h4-6,8-9H,1,7,10-12H2,2-3H3;1H. The first-order valence-corrected chi connectivity index (χ1v) is 5.84. The van der Waals surface area contributed by atoms with Gasteiger partial charge in [0.25, 0.3) is 0 Å². The van der Waals surface area contributed by atoms with Gasteiger partial charge in [0.2, 0.25) is 0 Å². The van der Waals surface area contributed by atoms with Crippen molar-refractivity contribution in [2.45, 2.75) is 6.42 Å². The molecule has 0 unspecified atom stereocenters. The second kappa shape index (κ2) is 9.80. The summed E-state index contributed by atoms with van der Waals surface area (Å²) in [4.78, 5) is 2.14. The molecule has 0 atom stereocenters. The molecule has 0 aliphatic carbocycles. The highest BCUT2D eigenvalue weighted by Crippen LogP contribution is 2.26. The van der Waals surface area contributed by atoms with Gasteiger partial charge >= 0.3 is 0 Å². The van der Waals surface area contributed by atoms with Crippen LogP contribution in [0, 0.1) is 0 Å². The van der Waals surface area contributed by atoms with Crippen molar-refractivity contribution in [1.82, 2.24) is 4.90 Å². The Kier molecular flexibility index (Phi) is 9.15. The molecule has 0 aliphatic heterocycles. The molecule has 0 aliphatic rings. The van der Waals surface area contributed by atoms with Crippen LogP contribution >= 0.6 is 12.4 Å². The Morgan fingerprint density at radius 1 is 1.17 bits per heavy atom. The molecule has 0 aromatic heterocycles. The number of para-hydroxylation sites is 2. The Labute approximate surface area is 116 Å². The van der Waals surface area contributed by atoms with Crippen LogP contribution in [0.2, 0.25) is 0 Å². The van der Waals surface area contributed by atoms with Crippen molar-refractivity contribution in [2.24, 2.45) is 0 Å². The van der Waals surface area contributed by atoms with Gasteiger partial charge in [-0.1, -0.05) is 24.8 Å². The van der Waals surface area contributed by atoms with Crippen LogP contribution in [0.4, 0.5) is 0 Å². The average molecular weight is 272 g/mol. The van der Waals surface area contributed by atoms with E-state index in [9.17, 15) is 0 Å². The smallest absolute Gasteiger partial charge is 0.161 e. The Morgan fingerprint density at radius 3 is 2.33 bits per heavy atom. The van der Waals surface area contributed by atoms with Gasteiger partial charge in [-0.15, -0.1) is 12.4 Å². The highest BCUT2D eigenvalue weighted by atomic mass is 35.5. The lowest BCUT2D eigenvalue weighted by Gasteiger charge is -2.13. The molecule has 4 heteroatoms. The van der Waals surface area contributed by atoms with E-state index in [-0.39, 0.29) is 12.4 Å². The number of hydrogen-bond donors (Lipinski definition) is 0. The number of halogens is 1. The molecule has 0 bridgehead atoms. The first-order valence-electron chi connectivity index (χ1n) is 5.84. The minimum Gasteiger partial charge on any atom is -0.490 e. The fraction of sp³-hybridized carbons (Fsp3) is 0.429. The zero-order chi connectivity index (χ0) is 12.5. The highest BCUT2D eigenvalue weighted by molar-refractivity contribution is 5.85. The Morgan fingerprint density at radius 2 is 1.78 bits per heavy atom. The molecule has 0 saturated heterocycles. The molecule has 0 heterocycles. The second-order valence-corrected chi connectivity index (χ2v) is 4.05. The summed E-state index contributed by atoms with van der Waals surface area (Å²) in [6, 6.07) is 7.71. The van der Waals surface area contributed by atoms with Crippen molar-refractivity contribution < 1.29 is 9.47 Å². The molecule has 0 amide bonds. The number of ether oxygens (including phenoxy) is 2. The predicted molar refractivity (Wildman–Crippen MR) is 78.0 cm³/mol. The van der Waals surface area contributed by atoms with Gasteiger partial charge in [-0.3, -0.25) is 0 Å². The van der Waals surface area contributed by atoms with Crippen LogP contribution in [0.3, 0.4) is 0 Å². The largest absolute Gasteiger partial charge is 0.490 e. The quantitative estimate of drug-likeness (QED) is 0.536. The van der Waals surface area contributed by atoms with E-state index in [0.29, 0.717) is 13.2 Å². The Bertz CT molecular complexity index is 342. The average Bonchev–Trinajstić information content (AvgIpc) is 2.33. The lowest BCUT2D eigenvalue weighted by atomic mass is 10.3. The molecule has 0 fully saturated rings. The van der Waals surface area contributed by atoms with Crippen LogP contribution in [-0.2, 0) is 0 Å². The van der Waals surface area contributed by atoms with Crippen molar-refractivity contribution >= 4 is 12.4 Å². The Balaban J connectivity index is 0.00000289. The lowest BCUT2D eigenvalue weighted by Crippen LogP contribution is -2.15. The number of hydrogen-bond acceptors (Lipinski definition) is 3. The van der Waals surface area contributed by atoms with E-state index in [0.717, 1.165) is 24.5 Å². The van der Waals surface area contributed by atoms with E-state index in [1.54, 1.807) is 6.08 Å². The topological polar surface area (TPSA) is 21.7 Å². The normalized spacial score (nSPS) is 9.72. The molecule has 1 aromatic carbocycles. The fourth-order valence-corrected chi connectivity index (χ4v) is 1.40. The fourth-order valence-electron chi connectivity index (χ4n) is 1.40. The maximum absolute atomic E-state index is 5.70. The molecule has 0 spiro atoms. The van der Waals surface area contributed by atoms with Gasteiger partial charge in [0.15, 0.2) is 11.5 Å². The van der Waals surface area contributed by atoms with E-state index in [1.807, 2.05) is 24.3 Å². The van der Waals surface area contributed by atoms with E-state index in [2.05, 4.69) is 25.6 Å². The minimum absolute atomic E-state index is 0.